The molecule has 3 aromatic carbocycles. The van der Waals surface area contributed by atoms with Crippen LogP contribution >= 0.6 is 0 Å². The number of sulfonamides is 1. The molecule has 0 saturated heterocycles. The first-order chi connectivity index (χ1) is 18.2. The first kappa shape index (κ1) is 25.2. The predicted molar refractivity (Wildman–Crippen MR) is 142 cm³/mol. The lowest BCUT2D eigenvalue weighted by Crippen LogP contribution is -2.47. The van der Waals surface area contributed by atoms with E-state index in [1.807, 2.05) is 43.3 Å². The average Bonchev–Trinajstić information content (AvgIpc) is 3.35. The van der Waals surface area contributed by atoms with Crippen molar-refractivity contribution in [1.29, 1.82) is 0 Å². The van der Waals surface area contributed by atoms with Crippen LogP contribution in [0.1, 0.15) is 40.1 Å². The van der Waals surface area contributed by atoms with E-state index in [1.54, 1.807) is 12.1 Å². The first-order valence-corrected chi connectivity index (χ1v) is 13.3. The Kier molecular flexibility index (Phi) is 6.47. The molecule has 1 aromatic heterocycles. The number of fused-ring (bicyclic) bond motifs is 2. The summed E-state index contributed by atoms with van der Waals surface area (Å²) in [6, 6.07) is 19.9. The number of amides is 3. The SMILES string of the molecule is CC(=O)Nc1ccc(S(=O)(=O)NNC(=O)CN2C(=O)c3ccccc3C2c2c(C)[nH]c3ccccc23)cc1. The molecular weight excluding hydrogens is 506 g/mol. The molecule has 2 heterocycles. The van der Waals surface area contributed by atoms with Crippen LogP contribution < -0.4 is 15.6 Å². The van der Waals surface area contributed by atoms with Gasteiger partial charge >= 0.3 is 0 Å². The number of aromatic amines is 1. The van der Waals surface area contributed by atoms with Gasteiger partial charge in [-0.15, -0.1) is 4.83 Å². The Morgan fingerprint density at radius 1 is 0.974 bits per heavy atom. The van der Waals surface area contributed by atoms with E-state index in [9.17, 15) is 22.8 Å². The Balaban J connectivity index is 1.37. The number of hydrazine groups is 1. The highest BCUT2D eigenvalue weighted by molar-refractivity contribution is 7.89. The molecule has 38 heavy (non-hydrogen) atoms. The smallest absolute Gasteiger partial charge is 0.257 e. The lowest BCUT2D eigenvalue weighted by atomic mass is 9.95. The Bertz CT molecular complexity index is 1680. The van der Waals surface area contributed by atoms with Crippen LogP contribution in [0.3, 0.4) is 0 Å². The topological polar surface area (TPSA) is 140 Å². The molecule has 0 aliphatic carbocycles. The molecule has 3 amide bonds. The average molecular weight is 532 g/mol. The zero-order valence-corrected chi connectivity index (χ0v) is 21.4. The van der Waals surface area contributed by atoms with E-state index < -0.39 is 22.0 Å². The van der Waals surface area contributed by atoms with Crippen molar-refractivity contribution in [3.63, 3.8) is 0 Å². The number of hydrogen-bond acceptors (Lipinski definition) is 5. The number of nitrogens with one attached hydrogen (secondary N) is 4. The molecule has 4 N–H and O–H groups in total. The quantitative estimate of drug-likeness (QED) is 0.272. The Morgan fingerprint density at radius 3 is 2.39 bits per heavy atom. The van der Waals surface area contributed by atoms with Crippen LogP contribution in [-0.4, -0.2) is 42.6 Å². The Morgan fingerprint density at radius 2 is 1.66 bits per heavy atom. The molecule has 11 heteroatoms. The Hall–Kier alpha value is -4.48. The van der Waals surface area contributed by atoms with Crippen molar-refractivity contribution < 1.29 is 22.8 Å². The number of aromatic nitrogens is 1. The van der Waals surface area contributed by atoms with Crippen LogP contribution in [0.25, 0.3) is 10.9 Å². The number of carbonyl (C=O) groups excluding carboxylic acids is 3. The largest absolute Gasteiger partial charge is 0.358 e. The second kappa shape index (κ2) is 9.77. The molecule has 0 spiro atoms. The summed E-state index contributed by atoms with van der Waals surface area (Å²) in [5, 5.41) is 3.49. The monoisotopic (exact) mass is 531 g/mol. The normalized spacial score (nSPS) is 14.9. The molecule has 1 unspecified atom stereocenters. The van der Waals surface area contributed by atoms with E-state index in [-0.39, 0.29) is 23.3 Å². The van der Waals surface area contributed by atoms with Crippen molar-refractivity contribution in [2.24, 2.45) is 0 Å². The van der Waals surface area contributed by atoms with Crippen LogP contribution in [0.4, 0.5) is 5.69 Å². The molecule has 1 atom stereocenters. The van der Waals surface area contributed by atoms with E-state index in [1.165, 1.54) is 36.1 Å². The van der Waals surface area contributed by atoms with Gasteiger partial charge in [-0.3, -0.25) is 19.8 Å². The van der Waals surface area contributed by atoms with Crippen LogP contribution in [0.2, 0.25) is 0 Å². The van der Waals surface area contributed by atoms with Gasteiger partial charge < -0.3 is 15.2 Å². The number of rotatable bonds is 7. The summed E-state index contributed by atoms with van der Waals surface area (Å²) in [6.07, 6.45) is 0. The lowest BCUT2D eigenvalue weighted by molar-refractivity contribution is -0.122. The maximum atomic E-state index is 13.4. The Labute approximate surface area is 219 Å². The molecule has 1 aliphatic heterocycles. The zero-order valence-electron chi connectivity index (χ0n) is 20.6. The molecule has 10 nitrogen and oxygen atoms in total. The first-order valence-electron chi connectivity index (χ1n) is 11.8. The minimum absolute atomic E-state index is 0.108. The number of H-pyrrole nitrogens is 1. The fraction of sp³-hybridized carbons (Fsp3) is 0.148. The minimum atomic E-state index is -4.10. The summed E-state index contributed by atoms with van der Waals surface area (Å²) in [5.41, 5.74) is 6.59. The van der Waals surface area contributed by atoms with Gasteiger partial charge in [-0.2, -0.15) is 0 Å². The molecule has 1 aliphatic rings. The number of anilines is 1. The maximum absolute atomic E-state index is 13.4. The van der Waals surface area contributed by atoms with Crippen LogP contribution in [-0.2, 0) is 19.6 Å². The van der Waals surface area contributed by atoms with E-state index in [2.05, 4.69) is 20.6 Å². The molecule has 0 radical (unpaired) electrons. The fourth-order valence-electron chi connectivity index (χ4n) is 4.79. The van der Waals surface area contributed by atoms with Crippen molar-refractivity contribution in [1.82, 2.24) is 20.1 Å². The molecule has 0 fully saturated rings. The van der Waals surface area contributed by atoms with Gasteiger partial charge in [0.1, 0.15) is 6.54 Å². The minimum Gasteiger partial charge on any atom is -0.358 e. The van der Waals surface area contributed by atoms with E-state index in [0.29, 0.717) is 11.3 Å². The van der Waals surface area contributed by atoms with Gasteiger partial charge in [0, 0.05) is 40.3 Å². The second-order valence-electron chi connectivity index (χ2n) is 8.99. The lowest BCUT2D eigenvalue weighted by Gasteiger charge is -2.25. The number of nitrogens with zero attached hydrogens (tertiary/aromatic N) is 1. The number of benzene rings is 3. The number of hydrogen-bond donors (Lipinski definition) is 4. The number of aryl methyl sites for hydroxylation is 1. The highest BCUT2D eigenvalue weighted by atomic mass is 32.2. The van der Waals surface area contributed by atoms with Gasteiger partial charge in [-0.25, -0.2) is 8.42 Å². The molecule has 0 saturated carbocycles. The van der Waals surface area contributed by atoms with Gasteiger partial charge in [0.2, 0.25) is 5.91 Å². The molecular formula is C27H25N5O5S. The fourth-order valence-corrected chi connectivity index (χ4v) is 5.65. The summed E-state index contributed by atoms with van der Waals surface area (Å²) < 4.78 is 25.4. The van der Waals surface area contributed by atoms with Crippen molar-refractivity contribution in [2.75, 3.05) is 11.9 Å². The molecule has 4 aromatic rings. The summed E-state index contributed by atoms with van der Waals surface area (Å²) in [6.45, 7) is 2.89. The van der Waals surface area contributed by atoms with Crippen molar-refractivity contribution in [3.8, 4) is 0 Å². The third-order valence-electron chi connectivity index (χ3n) is 6.40. The van der Waals surface area contributed by atoms with E-state index >= 15 is 0 Å². The van der Waals surface area contributed by atoms with Gasteiger partial charge in [-0.1, -0.05) is 36.4 Å². The second-order valence-corrected chi connectivity index (χ2v) is 10.7. The van der Waals surface area contributed by atoms with Gasteiger partial charge in [0.05, 0.1) is 10.9 Å². The molecule has 0 bridgehead atoms. The highest BCUT2D eigenvalue weighted by Gasteiger charge is 2.40. The zero-order chi connectivity index (χ0) is 27.0. The molecule has 5 rings (SSSR count). The van der Waals surface area contributed by atoms with Gasteiger partial charge in [-0.05, 0) is 48.9 Å². The molecule has 194 valence electrons. The summed E-state index contributed by atoms with van der Waals surface area (Å²) >= 11 is 0. The van der Waals surface area contributed by atoms with Crippen LogP contribution in [0.15, 0.2) is 77.7 Å². The van der Waals surface area contributed by atoms with Crippen molar-refractivity contribution in [2.45, 2.75) is 24.8 Å². The number of para-hydroxylation sites is 1. The predicted octanol–water partition coefficient (Wildman–Crippen LogP) is 2.99. The summed E-state index contributed by atoms with van der Waals surface area (Å²) in [7, 11) is -4.10. The maximum Gasteiger partial charge on any atom is 0.257 e. The van der Waals surface area contributed by atoms with E-state index in [0.717, 1.165) is 27.7 Å². The van der Waals surface area contributed by atoms with Gasteiger partial charge in [0.25, 0.3) is 21.8 Å². The van der Waals surface area contributed by atoms with Crippen LogP contribution in [0, 0.1) is 6.92 Å². The third kappa shape index (κ3) is 4.64. The van der Waals surface area contributed by atoms with Gasteiger partial charge in [0.15, 0.2) is 0 Å². The number of carbonyl (C=O) groups is 3. The van der Waals surface area contributed by atoms with Crippen molar-refractivity contribution >= 4 is 44.3 Å². The highest BCUT2D eigenvalue weighted by Crippen LogP contribution is 2.42. The van der Waals surface area contributed by atoms with E-state index in [4.69, 9.17) is 0 Å². The summed E-state index contributed by atoms with van der Waals surface area (Å²) in [4.78, 5) is 44.2. The third-order valence-corrected chi connectivity index (χ3v) is 7.66. The standard InChI is InChI=1S/C27H25N5O5S/c1-16-25(22-9-5-6-10-23(22)28-16)26-20-7-3-4-8-21(20)27(35)32(26)15-24(34)30-31-38(36,37)19-13-11-18(12-14-19)29-17(2)33/h3-14,26,28,31H,15H2,1-2H3,(H,29,33)(H,30,34). The van der Waals surface area contributed by atoms with Crippen molar-refractivity contribution in [3.05, 3.63) is 95.2 Å². The summed E-state index contributed by atoms with van der Waals surface area (Å²) in [5.74, 6) is -1.31. The van der Waals surface area contributed by atoms with Crippen LogP contribution in [0.5, 0.6) is 0 Å².